The van der Waals surface area contributed by atoms with E-state index >= 15 is 0 Å². The molecule has 0 bridgehead atoms. The number of primary amides is 1. The van der Waals surface area contributed by atoms with Gasteiger partial charge in [-0.1, -0.05) is 24.6 Å². The summed E-state index contributed by atoms with van der Waals surface area (Å²) in [6.07, 6.45) is -0.127. The molecule has 0 saturated heterocycles. The van der Waals surface area contributed by atoms with Crippen LogP contribution in [0, 0.1) is 0 Å². The Bertz CT molecular complexity index is 865. The molecule has 1 aromatic heterocycles. The second-order valence-electron chi connectivity index (χ2n) is 6.59. The van der Waals surface area contributed by atoms with E-state index in [0.717, 1.165) is 0 Å². The summed E-state index contributed by atoms with van der Waals surface area (Å²) in [5, 5.41) is 2.48. The summed E-state index contributed by atoms with van der Waals surface area (Å²) in [5.74, 6) is -0.213. The first-order valence-electron chi connectivity index (χ1n) is 8.23. The predicted molar refractivity (Wildman–Crippen MR) is 101 cm³/mol. The van der Waals surface area contributed by atoms with Gasteiger partial charge in [0.25, 0.3) is 5.91 Å². The number of aryl methyl sites for hydroxylation is 1. The molecule has 3 N–H and O–H groups in total. The van der Waals surface area contributed by atoms with Crippen LogP contribution in [0.1, 0.15) is 43.9 Å². The Kier molecular flexibility index (Phi) is 6.22. The fourth-order valence-corrected chi connectivity index (χ4v) is 2.29. The van der Waals surface area contributed by atoms with Crippen molar-refractivity contribution in [3.63, 3.8) is 0 Å². The highest BCUT2D eigenvalue weighted by Crippen LogP contribution is 2.27. The Morgan fingerprint density at radius 1 is 1.26 bits per heavy atom. The molecule has 9 heteroatoms. The lowest BCUT2D eigenvalue weighted by molar-refractivity contribution is 0.0635. The van der Waals surface area contributed by atoms with Crippen molar-refractivity contribution in [2.24, 2.45) is 5.73 Å². The fraction of sp³-hybridized carbons (Fsp3) is 0.333. The molecule has 2 amide bonds. The first kappa shape index (κ1) is 20.4. The Hall–Kier alpha value is -2.87. The number of hydrogen-bond acceptors (Lipinski definition) is 6. The van der Waals surface area contributed by atoms with Crippen LogP contribution in [0.4, 0.5) is 10.5 Å². The maximum atomic E-state index is 11.9. The molecule has 144 valence electrons. The van der Waals surface area contributed by atoms with Crippen molar-refractivity contribution in [3.8, 4) is 11.6 Å². The second kappa shape index (κ2) is 8.22. The first-order valence-corrected chi connectivity index (χ1v) is 8.61. The average molecular weight is 393 g/mol. The van der Waals surface area contributed by atoms with E-state index in [4.69, 9.17) is 26.8 Å². The lowest BCUT2D eigenvalue weighted by Gasteiger charge is -2.19. The Morgan fingerprint density at radius 3 is 2.56 bits per heavy atom. The van der Waals surface area contributed by atoms with Crippen molar-refractivity contribution in [3.05, 3.63) is 40.8 Å². The quantitative estimate of drug-likeness (QED) is 0.796. The minimum absolute atomic E-state index is 0.110. The summed E-state index contributed by atoms with van der Waals surface area (Å²) in [7, 11) is 0. The smallest absolute Gasteiger partial charge is 0.412 e. The first-order chi connectivity index (χ1) is 12.6. The number of hydrogen-bond donors (Lipinski definition) is 2. The summed E-state index contributed by atoms with van der Waals surface area (Å²) < 4.78 is 11.0. The zero-order chi connectivity index (χ0) is 20.2. The van der Waals surface area contributed by atoms with Gasteiger partial charge in [-0.25, -0.2) is 9.78 Å². The van der Waals surface area contributed by atoms with Crippen LogP contribution in [0.15, 0.2) is 24.3 Å². The van der Waals surface area contributed by atoms with Gasteiger partial charge in [-0.15, -0.1) is 0 Å². The number of ether oxygens (including phenoxy) is 2. The lowest BCUT2D eigenvalue weighted by atomic mass is 10.2. The van der Waals surface area contributed by atoms with E-state index in [9.17, 15) is 9.59 Å². The average Bonchev–Trinajstić information content (AvgIpc) is 2.53. The standard InChI is InChI=1S/C18H21ClN4O4/c1-5-12-16(23-14(19)13(22-12)15(20)24)26-11-8-6-7-10(9-11)21-17(25)27-18(2,3)4/h6-9H,5H2,1-4H3,(H2,20,24)(H,21,25). The molecular formula is C18H21ClN4O4. The van der Waals surface area contributed by atoms with E-state index in [2.05, 4.69) is 15.3 Å². The van der Waals surface area contributed by atoms with Gasteiger partial charge in [-0.3, -0.25) is 10.1 Å². The molecule has 1 heterocycles. The van der Waals surface area contributed by atoms with Crippen molar-refractivity contribution in [2.75, 3.05) is 5.32 Å². The topological polar surface area (TPSA) is 116 Å². The zero-order valence-electron chi connectivity index (χ0n) is 15.5. The highest BCUT2D eigenvalue weighted by Gasteiger charge is 2.18. The highest BCUT2D eigenvalue weighted by molar-refractivity contribution is 6.32. The maximum Gasteiger partial charge on any atom is 0.412 e. The van der Waals surface area contributed by atoms with E-state index in [1.807, 2.05) is 6.92 Å². The van der Waals surface area contributed by atoms with E-state index < -0.39 is 17.6 Å². The molecule has 0 atom stereocenters. The molecule has 2 aromatic rings. The van der Waals surface area contributed by atoms with Crippen LogP contribution in [0.25, 0.3) is 0 Å². The number of anilines is 1. The molecule has 27 heavy (non-hydrogen) atoms. The van der Waals surface area contributed by atoms with Crippen LogP contribution in [0.3, 0.4) is 0 Å². The zero-order valence-corrected chi connectivity index (χ0v) is 16.3. The van der Waals surface area contributed by atoms with Gasteiger partial charge in [0.1, 0.15) is 17.0 Å². The van der Waals surface area contributed by atoms with Crippen LogP contribution in [0.2, 0.25) is 5.15 Å². The molecule has 0 aliphatic carbocycles. The maximum absolute atomic E-state index is 11.9. The summed E-state index contributed by atoms with van der Waals surface area (Å²) in [6.45, 7) is 7.15. The van der Waals surface area contributed by atoms with E-state index in [1.165, 1.54) is 0 Å². The van der Waals surface area contributed by atoms with Crippen LogP contribution in [-0.4, -0.2) is 27.6 Å². The Balaban J connectivity index is 2.22. The minimum atomic E-state index is -0.766. The second-order valence-corrected chi connectivity index (χ2v) is 6.95. The number of carbonyl (C=O) groups is 2. The molecule has 8 nitrogen and oxygen atoms in total. The normalized spacial score (nSPS) is 11.0. The minimum Gasteiger partial charge on any atom is -0.444 e. The number of rotatable bonds is 5. The van der Waals surface area contributed by atoms with Crippen molar-refractivity contribution >= 4 is 29.3 Å². The molecule has 0 spiro atoms. The number of amides is 2. The highest BCUT2D eigenvalue weighted by atomic mass is 35.5. The number of benzene rings is 1. The van der Waals surface area contributed by atoms with Gasteiger partial charge in [0.2, 0.25) is 5.88 Å². The molecule has 0 aliphatic heterocycles. The summed E-state index contributed by atoms with van der Waals surface area (Å²) in [6, 6.07) is 6.66. The van der Waals surface area contributed by atoms with Gasteiger partial charge in [-0.2, -0.15) is 4.98 Å². The summed E-state index contributed by atoms with van der Waals surface area (Å²) in [4.78, 5) is 31.4. The number of nitrogens with one attached hydrogen (secondary N) is 1. The molecule has 0 fully saturated rings. The third-order valence-electron chi connectivity index (χ3n) is 3.15. The SMILES string of the molecule is CCc1nc(C(N)=O)c(Cl)nc1Oc1cccc(NC(=O)OC(C)(C)C)c1. The Labute approximate surface area is 162 Å². The van der Waals surface area contributed by atoms with E-state index in [0.29, 0.717) is 23.6 Å². The Morgan fingerprint density at radius 2 is 1.96 bits per heavy atom. The molecular weight excluding hydrogens is 372 g/mol. The monoisotopic (exact) mass is 392 g/mol. The van der Waals surface area contributed by atoms with Gasteiger partial charge in [-0.05, 0) is 39.3 Å². The number of carbonyl (C=O) groups excluding carboxylic acids is 2. The van der Waals surface area contributed by atoms with Crippen molar-refractivity contribution in [2.45, 2.75) is 39.7 Å². The van der Waals surface area contributed by atoms with Crippen molar-refractivity contribution in [1.29, 1.82) is 0 Å². The van der Waals surface area contributed by atoms with Crippen LogP contribution in [0.5, 0.6) is 11.6 Å². The molecule has 0 saturated carbocycles. The molecule has 2 rings (SSSR count). The third kappa shape index (κ3) is 5.82. The van der Waals surface area contributed by atoms with E-state index in [-0.39, 0.29) is 16.7 Å². The molecule has 1 aromatic carbocycles. The molecule has 0 radical (unpaired) electrons. The third-order valence-corrected chi connectivity index (χ3v) is 3.41. The van der Waals surface area contributed by atoms with Gasteiger partial charge in [0.05, 0.1) is 0 Å². The molecule has 0 aliphatic rings. The predicted octanol–water partition coefficient (Wildman–Crippen LogP) is 3.93. The number of aromatic nitrogens is 2. The van der Waals surface area contributed by atoms with Gasteiger partial charge in [0.15, 0.2) is 10.8 Å². The van der Waals surface area contributed by atoms with Crippen molar-refractivity contribution in [1.82, 2.24) is 9.97 Å². The van der Waals surface area contributed by atoms with Gasteiger partial charge < -0.3 is 15.2 Å². The van der Waals surface area contributed by atoms with Crippen LogP contribution in [-0.2, 0) is 11.2 Å². The van der Waals surface area contributed by atoms with Gasteiger partial charge in [0, 0.05) is 11.8 Å². The lowest BCUT2D eigenvalue weighted by Crippen LogP contribution is -2.27. The van der Waals surface area contributed by atoms with Gasteiger partial charge >= 0.3 is 6.09 Å². The van der Waals surface area contributed by atoms with Crippen LogP contribution < -0.4 is 15.8 Å². The fourth-order valence-electron chi connectivity index (χ4n) is 2.07. The summed E-state index contributed by atoms with van der Waals surface area (Å²) >= 11 is 5.95. The molecule has 0 unspecified atom stereocenters. The van der Waals surface area contributed by atoms with Crippen LogP contribution >= 0.6 is 11.6 Å². The number of nitrogens with two attached hydrogens (primary N) is 1. The number of nitrogens with zero attached hydrogens (tertiary/aromatic N) is 2. The summed E-state index contributed by atoms with van der Waals surface area (Å²) in [5.41, 5.74) is 5.42. The van der Waals surface area contributed by atoms with Crippen molar-refractivity contribution < 1.29 is 19.1 Å². The number of halogens is 1. The van der Waals surface area contributed by atoms with E-state index in [1.54, 1.807) is 45.0 Å². The largest absolute Gasteiger partial charge is 0.444 e.